The number of hydrogen-bond acceptors (Lipinski definition) is 3. The van der Waals surface area contributed by atoms with Crippen LogP contribution in [0.4, 0.5) is 0 Å². The molecule has 0 aliphatic carbocycles. The topological polar surface area (TPSA) is 46.2 Å². The number of thioether (sulfide) groups is 1. The Hall–Kier alpha value is 0.550. The fraction of sp³-hybridized carbons (Fsp3) is 1.00. The first kappa shape index (κ1) is 9.64. The molecule has 1 N–H and O–H groups in total. The monoisotopic (exact) mass is 215 g/mol. The van der Waals surface area contributed by atoms with Crippen LogP contribution in [0.3, 0.4) is 0 Å². The normalized spacial score (nSPS) is 25.7. The lowest BCUT2D eigenvalue weighted by molar-refractivity contribution is 0.567. The molecule has 1 fully saturated rings. The van der Waals surface area contributed by atoms with Crippen molar-refractivity contribution in [2.45, 2.75) is 12.5 Å². The molecule has 0 aromatic carbocycles. The van der Waals surface area contributed by atoms with Crippen molar-refractivity contribution in [3.8, 4) is 0 Å². The first-order valence-electron chi connectivity index (χ1n) is 3.28. The van der Waals surface area contributed by atoms with Crippen LogP contribution in [0, 0.1) is 0 Å². The van der Waals surface area contributed by atoms with Gasteiger partial charge in [-0.25, -0.2) is 13.1 Å². The molecule has 1 aliphatic heterocycles. The van der Waals surface area contributed by atoms with Crippen molar-refractivity contribution in [1.29, 1.82) is 0 Å². The third kappa shape index (κ3) is 3.19. The third-order valence-electron chi connectivity index (χ3n) is 1.42. The van der Waals surface area contributed by atoms with E-state index in [2.05, 4.69) is 4.72 Å². The highest BCUT2D eigenvalue weighted by Gasteiger charge is 2.20. The van der Waals surface area contributed by atoms with Gasteiger partial charge in [-0.1, -0.05) is 0 Å². The summed E-state index contributed by atoms with van der Waals surface area (Å²) in [6.45, 7) is 0. The standard InChI is InChI=1S/C5H10ClNO2S2/c6-4-11(8,9)7-5-1-2-10-3-5/h5,7H,1-4H2. The zero-order valence-corrected chi connectivity index (χ0v) is 8.31. The van der Waals surface area contributed by atoms with E-state index in [9.17, 15) is 8.42 Å². The summed E-state index contributed by atoms with van der Waals surface area (Å²) in [5.41, 5.74) is 0. The van der Waals surface area contributed by atoms with Crippen molar-refractivity contribution in [1.82, 2.24) is 4.72 Å². The van der Waals surface area contributed by atoms with Crippen molar-refractivity contribution in [2.24, 2.45) is 0 Å². The maximum Gasteiger partial charge on any atom is 0.225 e. The zero-order valence-electron chi connectivity index (χ0n) is 5.92. The SMILES string of the molecule is O=S(=O)(CCl)NC1CCSC1. The van der Waals surface area contributed by atoms with Crippen molar-refractivity contribution in [2.75, 3.05) is 16.7 Å². The minimum absolute atomic E-state index is 0.101. The van der Waals surface area contributed by atoms with Gasteiger partial charge >= 0.3 is 0 Å². The molecule has 1 unspecified atom stereocenters. The van der Waals surface area contributed by atoms with Crippen LogP contribution < -0.4 is 4.72 Å². The second kappa shape index (κ2) is 3.98. The maximum absolute atomic E-state index is 10.9. The molecule has 1 rings (SSSR count). The minimum Gasteiger partial charge on any atom is -0.211 e. The van der Waals surface area contributed by atoms with Gasteiger partial charge in [0.15, 0.2) is 0 Å². The minimum atomic E-state index is -3.20. The Morgan fingerprint density at radius 2 is 2.36 bits per heavy atom. The fourth-order valence-electron chi connectivity index (χ4n) is 0.913. The van der Waals surface area contributed by atoms with Gasteiger partial charge in [0, 0.05) is 11.8 Å². The maximum atomic E-state index is 10.9. The van der Waals surface area contributed by atoms with Crippen LogP contribution in [0.5, 0.6) is 0 Å². The van der Waals surface area contributed by atoms with E-state index in [1.54, 1.807) is 11.8 Å². The van der Waals surface area contributed by atoms with Crippen LogP contribution in [0.25, 0.3) is 0 Å². The molecule has 0 amide bonds. The molecule has 1 heterocycles. The summed E-state index contributed by atoms with van der Waals surface area (Å²) in [5.74, 6) is 1.91. The Bertz CT molecular complexity index is 211. The molecule has 1 aliphatic rings. The number of nitrogens with one attached hydrogen (secondary N) is 1. The van der Waals surface area contributed by atoms with Crippen molar-refractivity contribution < 1.29 is 8.42 Å². The van der Waals surface area contributed by atoms with Crippen LogP contribution in [0.1, 0.15) is 6.42 Å². The van der Waals surface area contributed by atoms with Crippen molar-refractivity contribution in [3.05, 3.63) is 0 Å². The predicted molar refractivity (Wildman–Crippen MR) is 48.5 cm³/mol. The van der Waals surface area contributed by atoms with E-state index in [4.69, 9.17) is 11.6 Å². The van der Waals surface area contributed by atoms with Gasteiger partial charge in [0.05, 0.1) is 0 Å². The van der Waals surface area contributed by atoms with Gasteiger partial charge in [-0.2, -0.15) is 11.8 Å². The fourth-order valence-corrected chi connectivity index (χ4v) is 3.13. The average molecular weight is 216 g/mol. The summed E-state index contributed by atoms with van der Waals surface area (Å²) >= 11 is 6.98. The molecule has 1 atom stereocenters. The molecule has 6 heteroatoms. The Morgan fingerprint density at radius 3 is 2.82 bits per heavy atom. The Morgan fingerprint density at radius 1 is 1.64 bits per heavy atom. The number of alkyl halides is 1. The van der Waals surface area contributed by atoms with E-state index in [0.29, 0.717) is 0 Å². The second-order valence-corrected chi connectivity index (χ2v) is 5.89. The molecule has 0 aromatic rings. The lowest BCUT2D eigenvalue weighted by Gasteiger charge is -2.08. The number of sulfonamides is 1. The smallest absolute Gasteiger partial charge is 0.211 e. The van der Waals surface area contributed by atoms with Gasteiger partial charge in [0.25, 0.3) is 0 Å². The highest BCUT2D eigenvalue weighted by Crippen LogP contribution is 2.17. The van der Waals surface area contributed by atoms with Crippen LogP contribution >= 0.6 is 23.4 Å². The first-order valence-corrected chi connectivity index (χ1v) is 6.62. The van der Waals surface area contributed by atoms with E-state index in [1.165, 1.54) is 0 Å². The third-order valence-corrected chi connectivity index (χ3v) is 4.42. The molecular weight excluding hydrogens is 206 g/mol. The van der Waals surface area contributed by atoms with E-state index in [-0.39, 0.29) is 11.3 Å². The van der Waals surface area contributed by atoms with Crippen LogP contribution in [-0.2, 0) is 10.0 Å². The van der Waals surface area contributed by atoms with Gasteiger partial charge < -0.3 is 0 Å². The summed E-state index contributed by atoms with van der Waals surface area (Å²) in [7, 11) is -3.20. The Labute approximate surface area is 75.9 Å². The Kier molecular flexibility index (Phi) is 3.49. The van der Waals surface area contributed by atoms with E-state index in [1.807, 2.05) is 0 Å². The lowest BCUT2D eigenvalue weighted by Crippen LogP contribution is -2.35. The highest BCUT2D eigenvalue weighted by atomic mass is 35.5. The van der Waals surface area contributed by atoms with Gasteiger partial charge in [0.1, 0.15) is 5.21 Å². The van der Waals surface area contributed by atoms with Crippen LogP contribution in [0.2, 0.25) is 0 Å². The molecule has 0 saturated carbocycles. The van der Waals surface area contributed by atoms with Crippen molar-refractivity contribution in [3.63, 3.8) is 0 Å². The molecule has 3 nitrogen and oxygen atoms in total. The van der Waals surface area contributed by atoms with Crippen LogP contribution in [0.15, 0.2) is 0 Å². The summed E-state index contributed by atoms with van der Waals surface area (Å²) in [5, 5.41) is -0.339. The van der Waals surface area contributed by atoms with Gasteiger partial charge in [0.2, 0.25) is 10.0 Å². The molecule has 0 aromatic heterocycles. The summed E-state index contributed by atoms with van der Waals surface area (Å²) in [4.78, 5) is 0. The largest absolute Gasteiger partial charge is 0.225 e. The summed E-state index contributed by atoms with van der Waals surface area (Å²) < 4.78 is 24.3. The van der Waals surface area contributed by atoms with E-state index >= 15 is 0 Å². The molecule has 66 valence electrons. The first-order chi connectivity index (χ1) is 5.14. The van der Waals surface area contributed by atoms with E-state index in [0.717, 1.165) is 17.9 Å². The molecule has 1 saturated heterocycles. The van der Waals surface area contributed by atoms with Gasteiger partial charge in [-0.3, -0.25) is 0 Å². The predicted octanol–water partition coefficient (Wildman–Crippen LogP) is 0.608. The molecule has 0 bridgehead atoms. The zero-order chi connectivity index (χ0) is 8.32. The number of hydrogen-bond donors (Lipinski definition) is 1. The molecule has 11 heavy (non-hydrogen) atoms. The lowest BCUT2D eigenvalue weighted by atomic mass is 10.3. The summed E-state index contributed by atoms with van der Waals surface area (Å²) in [6, 6.07) is 0.101. The molecular formula is C5H10ClNO2S2. The molecule has 0 radical (unpaired) electrons. The highest BCUT2D eigenvalue weighted by molar-refractivity contribution is 7.99. The van der Waals surface area contributed by atoms with E-state index < -0.39 is 10.0 Å². The van der Waals surface area contributed by atoms with Gasteiger partial charge in [-0.05, 0) is 12.2 Å². The average Bonchev–Trinajstić information content (AvgIpc) is 2.39. The number of rotatable bonds is 3. The van der Waals surface area contributed by atoms with Crippen LogP contribution in [-0.4, -0.2) is 31.2 Å². The molecule has 0 spiro atoms. The quantitative estimate of drug-likeness (QED) is 0.702. The second-order valence-electron chi connectivity index (χ2n) is 2.40. The number of halogens is 1. The van der Waals surface area contributed by atoms with Gasteiger partial charge in [-0.15, -0.1) is 11.6 Å². The summed E-state index contributed by atoms with van der Waals surface area (Å²) in [6.07, 6.45) is 0.917. The Balaban J connectivity index is 2.41. The van der Waals surface area contributed by atoms with Crippen molar-refractivity contribution >= 4 is 33.4 Å².